The summed E-state index contributed by atoms with van der Waals surface area (Å²) in [6, 6.07) is 9.83. The van der Waals surface area contributed by atoms with Crippen LogP contribution in [0.4, 0.5) is 5.69 Å². The normalized spacial score (nSPS) is 10.4. The molecule has 23 heavy (non-hydrogen) atoms. The number of ether oxygens (including phenoxy) is 1. The van der Waals surface area contributed by atoms with Gasteiger partial charge in [-0.05, 0) is 24.3 Å². The predicted molar refractivity (Wildman–Crippen MR) is 78.2 cm³/mol. The second-order valence-electron chi connectivity index (χ2n) is 4.29. The zero-order valence-electron chi connectivity index (χ0n) is 12.1. The topological polar surface area (TPSA) is 152 Å². The lowest BCUT2D eigenvalue weighted by Crippen LogP contribution is -2.39. The van der Waals surface area contributed by atoms with Crippen LogP contribution in [0.2, 0.25) is 0 Å². The third-order valence-electron chi connectivity index (χ3n) is 2.64. The molecule has 9 heteroatoms. The first kappa shape index (κ1) is 18.4. The minimum atomic E-state index is -4.48. The molecule has 2 rings (SSSR count). The number of hydrogen-bond acceptors (Lipinski definition) is 5. The highest BCUT2D eigenvalue weighted by Crippen LogP contribution is 2.18. The summed E-state index contributed by atoms with van der Waals surface area (Å²) in [5.41, 5.74) is 4.06. The summed E-state index contributed by atoms with van der Waals surface area (Å²) in [5.74, 6) is -1.48. The van der Waals surface area contributed by atoms with Gasteiger partial charge in [-0.2, -0.15) is 8.42 Å². The van der Waals surface area contributed by atoms with Gasteiger partial charge in [-0.1, -0.05) is 11.8 Å². The summed E-state index contributed by atoms with van der Waals surface area (Å²) >= 11 is 0. The molecule has 0 aliphatic heterocycles. The molecule has 2 aromatic carbocycles. The zero-order valence-corrected chi connectivity index (χ0v) is 12.9. The largest absolute Gasteiger partial charge is 0.872 e. The average molecular weight is 341 g/mol. The van der Waals surface area contributed by atoms with Crippen LogP contribution >= 0.6 is 0 Å². The molecule has 0 unspecified atom stereocenters. The highest BCUT2D eigenvalue weighted by Gasteiger charge is 2.12. The van der Waals surface area contributed by atoms with Crippen LogP contribution < -0.4 is 15.6 Å². The van der Waals surface area contributed by atoms with Crippen LogP contribution in [-0.4, -0.2) is 31.2 Å². The van der Waals surface area contributed by atoms with Crippen molar-refractivity contribution >= 4 is 21.8 Å². The van der Waals surface area contributed by atoms with Crippen molar-refractivity contribution in [2.45, 2.75) is 4.90 Å². The monoisotopic (exact) mass is 341 g/mol. The standard InChI is InChI=1S/C7H9NO.C7H6O6S/c1-9-7-4-2-6(8)3-5-7;8-6-2-1-4(14(11,12)13)3-5(6)7(9)10/h2-5H,8H2,1H3;1-3,8H,(H,9,10)(H,11,12,13). The van der Waals surface area contributed by atoms with Crippen LogP contribution in [-0.2, 0) is 10.1 Å². The van der Waals surface area contributed by atoms with E-state index in [1.165, 1.54) is 0 Å². The van der Waals surface area contributed by atoms with Gasteiger partial charge in [0.25, 0.3) is 10.1 Å². The van der Waals surface area contributed by atoms with Gasteiger partial charge in [-0.15, -0.1) is 0 Å². The molecular formula is C14H15NO7S. The number of hydrogen-bond donors (Lipinski definition) is 3. The molecule has 0 amide bonds. The molecule has 5 N–H and O–H groups in total. The van der Waals surface area contributed by atoms with Gasteiger partial charge in [0.15, 0.2) is 0 Å². The number of carbonyl (C=O) groups is 1. The lowest BCUT2D eigenvalue weighted by Gasteiger charge is -2.09. The van der Waals surface area contributed by atoms with E-state index in [2.05, 4.69) is 5.73 Å². The lowest BCUT2D eigenvalue weighted by molar-refractivity contribution is -0.268. The van der Waals surface area contributed by atoms with Crippen molar-refractivity contribution in [1.29, 1.82) is 0 Å². The van der Waals surface area contributed by atoms with Crippen LogP contribution in [0.5, 0.6) is 11.5 Å². The maximum absolute atomic E-state index is 10.9. The van der Waals surface area contributed by atoms with Crippen molar-refractivity contribution < 1.29 is 38.4 Å². The molecule has 8 nitrogen and oxygen atoms in total. The second-order valence-corrected chi connectivity index (χ2v) is 5.71. The number of methoxy groups -OCH3 is 1. The number of aromatic carboxylic acids is 1. The highest BCUT2D eigenvalue weighted by atomic mass is 32.2. The van der Waals surface area contributed by atoms with Crippen molar-refractivity contribution in [2.75, 3.05) is 7.11 Å². The fraction of sp³-hybridized carbons (Fsp3) is 0.0714. The van der Waals surface area contributed by atoms with E-state index in [1.54, 1.807) is 7.11 Å². The van der Waals surface area contributed by atoms with Crippen LogP contribution in [0, 0.1) is 0 Å². The minimum Gasteiger partial charge on any atom is -0.872 e. The SMILES string of the molecule is COc1ccc([NH3+])cc1.O=C(O)c1cc(S(=O)(=O)O)ccc1[O-]. The van der Waals surface area contributed by atoms with Gasteiger partial charge in [-0.3, -0.25) is 4.55 Å². The summed E-state index contributed by atoms with van der Waals surface area (Å²) in [4.78, 5) is 9.81. The number of quaternary nitrogens is 1. The van der Waals surface area contributed by atoms with Crippen molar-refractivity contribution in [1.82, 2.24) is 0 Å². The Labute approximate surface area is 132 Å². The Morgan fingerprint density at radius 3 is 2.17 bits per heavy atom. The molecule has 0 bridgehead atoms. The zero-order chi connectivity index (χ0) is 17.6. The fourth-order valence-electron chi connectivity index (χ4n) is 1.46. The maximum Gasteiger partial charge on any atom is 0.335 e. The van der Waals surface area contributed by atoms with Crippen molar-refractivity contribution in [3.05, 3.63) is 48.0 Å². The quantitative estimate of drug-likeness (QED) is 0.678. The fourth-order valence-corrected chi connectivity index (χ4v) is 1.97. The van der Waals surface area contributed by atoms with Crippen molar-refractivity contribution in [3.8, 4) is 11.5 Å². The third-order valence-corrected chi connectivity index (χ3v) is 3.49. The summed E-state index contributed by atoms with van der Waals surface area (Å²) in [5, 5.41) is 19.4. The van der Waals surface area contributed by atoms with Gasteiger partial charge < -0.3 is 20.7 Å². The van der Waals surface area contributed by atoms with Crippen LogP contribution in [0.25, 0.3) is 0 Å². The van der Waals surface area contributed by atoms with E-state index in [9.17, 15) is 18.3 Å². The predicted octanol–water partition coefficient (Wildman–Crippen LogP) is 0.274. The van der Waals surface area contributed by atoms with Crippen molar-refractivity contribution in [2.24, 2.45) is 0 Å². The third kappa shape index (κ3) is 5.58. The lowest BCUT2D eigenvalue weighted by atomic mass is 10.2. The molecular weight excluding hydrogens is 326 g/mol. The number of carboxylic acids is 1. The van der Waals surface area contributed by atoms with E-state index in [1.807, 2.05) is 24.3 Å². The van der Waals surface area contributed by atoms with Crippen molar-refractivity contribution in [3.63, 3.8) is 0 Å². The average Bonchev–Trinajstić information content (AvgIpc) is 2.47. The molecule has 0 aliphatic carbocycles. The van der Waals surface area contributed by atoms with Crippen LogP contribution in [0.3, 0.4) is 0 Å². The minimum absolute atomic E-state index is 0.611. The summed E-state index contributed by atoms with van der Waals surface area (Å²) in [6.07, 6.45) is 0. The molecule has 124 valence electrons. The highest BCUT2D eigenvalue weighted by molar-refractivity contribution is 7.85. The van der Waals surface area contributed by atoms with E-state index < -0.39 is 32.3 Å². The molecule has 0 aliphatic rings. The number of carboxylic acid groups (broad SMARTS) is 1. The van der Waals surface area contributed by atoms with Gasteiger partial charge in [0.1, 0.15) is 11.4 Å². The molecule has 0 fully saturated rings. The van der Waals surface area contributed by atoms with Gasteiger partial charge >= 0.3 is 5.97 Å². The van der Waals surface area contributed by atoms with Crippen LogP contribution in [0.1, 0.15) is 10.4 Å². The van der Waals surface area contributed by atoms with E-state index in [0.29, 0.717) is 6.07 Å². The smallest absolute Gasteiger partial charge is 0.335 e. The van der Waals surface area contributed by atoms with Gasteiger partial charge in [0.05, 0.1) is 17.6 Å². The molecule has 2 aromatic rings. The molecule has 0 radical (unpaired) electrons. The Morgan fingerprint density at radius 1 is 1.17 bits per heavy atom. The summed E-state index contributed by atoms with van der Waals surface area (Å²) < 4.78 is 34.7. The molecule has 0 aromatic heterocycles. The Morgan fingerprint density at radius 2 is 1.74 bits per heavy atom. The van der Waals surface area contributed by atoms with Gasteiger partial charge in [-0.25, -0.2) is 4.79 Å². The van der Waals surface area contributed by atoms with Gasteiger partial charge in [0, 0.05) is 12.1 Å². The number of rotatable bonds is 3. The summed E-state index contributed by atoms with van der Waals surface area (Å²) in [6.45, 7) is 0. The second kappa shape index (κ2) is 7.58. The molecule has 0 saturated carbocycles. The summed E-state index contributed by atoms with van der Waals surface area (Å²) in [7, 11) is -2.83. The Kier molecular flexibility index (Phi) is 6.08. The van der Waals surface area contributed by atoms with E-state index in [4.69, 9.17) is 14.4 Å². The first-order valence-corrected chi connectivity index (χ1v) is 7.57. The van der Waals surface area contributed by atoms with Crippen LogP contribution in [0.15, 0.2) is 47.4 Å². The van der Waals surface area contributed by atoms with E-state index in [-0.39, 0.29) is 0 Å². The Bertz CT molecular complexity index is 785. The first-order valence-electron chi connectivity index (χ1n) is 6.13. The first-order chi connectivity index (χ1) is 10.6. The molecule has 0 saturated heterocycles. The Balaban J connectivity index is 0.000000253. The Hall–Kier alpha value is -2.62. The maximum atomic E-state index is 10.9. The number of benzene rings is 2. The van der Waals surface area contributed by atoms with E-state index >= 15 is 0 Å². The van der Waals surface area contributed by atoms with E-state index in [0.717, 1.165) is 23.6 Å². The molecule has 0 spiro atoms. The molecule has 0 heterocycles. The van der Waals surface area contributed by atoms with Gasteiger partial charge in [0.2, 0.25) is 0 Å². The molecule has 0 atom stereocenters.